The van der Waals surface area contributed by atoms with Gasteiger partial charge in [-0.05, 0) is 62.8 Å². The van der Waals surface area contributed by atoms with Crippen molar-refractivity contribution in [2.45, 2.75) is 11.4 Å². The molecule has 124 valence electrons. The molecule has 0 amide bonds. The molecule has 0 aliphatic heterocycles. The van der Waals surface area contributed by atoms with E-state index in [4.69, 9.17) is 4.74 Å². The fourth-order valence-electron chi connectivity index (χ4n) is 2.37. The number of ether oxygens (including phenoxy) is 1. The van der Waals surface area contributed by atoms with Crippen LogP contribution in [-0.2, 0) is 6.54 Å². The second kappa shape index (κ2) is 7.51. The van der Waals surface area contributed by atoms with Crippen molar-refractivity contribution >= 4 is 11.8 Å². The monoisotopic (exact) mass is 340 g/mol. The highest BCUT2D eigenvalue weighted by atomic mass is 32.2. The van der Waals surface area contributed by atoms with E-state index in [1.807, 2.05) is 38.4 Å². The minimum atomic E-state index is 0.771. The van der Waals surface area contributed by atoms with Crippen LogP contribution in [0.5, 0.6) is 11.5 Å². The maximum atomic E-state index is 6.10. The van der Waals surface area contributed by atoms with Crippen molar-refractivity contribution in [3.05, 3.63) is 60.4 Å². The lowest BCUT2D eigenvalue weighted by molar-refractivity contribution is 0.388. The first kappa shape index (κ1) is 16.5. The van der Waals surface area contributed by atoms with Crippen LogP contribution in [0.2, 0.25) is 0 Å². The molecule has 3 aromatic rings. The lowest BCUT2D eigenvalue weighted by Gasteiger charge is -2.16. The van der Waals surface area contributed by atoms with E-state index in [-0.39, 0.29) is 0 Å². The summed E-state index contributed by atoms with van der Waals surface area (Å²) in [4.78, 5) is 4.94. The largest absolute Gasteiger partial charge is 0.457 e. The van der Waals surface area contributed by atoms with E-state index in [2.05, 4.69) is 39.6 Å². The Hall–Kier alpha value is -2.31. The van der Waals surface area contributed by atoms with Gasteiger partial charge in [0.1, 0.15) is 11.5 Å². The molecule has 24 heavy (non-hydrogen) atoms. The van der Waals surface area contributed by atoms with Gasteiger partial charge in [-0.2, -0.15) is 15.0 Å². The zero-order chi connectivity index (χ0) is 16.9. The predicted molar refractivity (Wildman–Crippen MR) is 97.0 cm³/mol. The maximum Gasteiger partial charge on any atom is 0.132 e. The third kappa shape index (κ3) is 3.96. The van der Waals surface area contributed by atoms with Gasteiger partial charge < -0.3 is 9.64 Å². The van der Waals surface area contributed by atoms with E-state index in [1.165, 1.54) is 4.90 Å². The van der Waals surface area contributed by atoms with Gasteiger partial charge >= 0.3 is 0 Å². The predicted octanol–water partition coefficient (Wildman–Crippen LogP) is 3.84. The Morgan fingerprint density at radius 3 is 2.38 bits per heavy atom. The van der Waals surface area contributed by atoms with Crippen molar-refractivity contribution in [1.82, 2.24) is 19.9 Å². The second-order valence-corrected chi connectivity index (χ2v) is 6.51. The zero-order valence-electron chi connectivity index (χ0n) is 14.0. The molecule has 0 N–H and O–H groups in total. The quantitative estimate of drug-likeness (QED) is 0.638. The molecule has 6 heteroatoms. The third-order valence-corrected chi connectivity index (χ3v) is 4.21. The summed E-state index contributed by atoms with van der Waals surface area (Å²) in [5, 5.41) is 8.38. The van der Waals surface area contributed by atoms with Crippen molar-refractivity contribution in [2.75, 3.05) is 20.4 Å². The average Bonchev–Trinajstić information content (AvgIpc) is 3.11. The van der Waals surface area contributed by atoms with Gasteiger partial charge in [0.25, 0.3) is 0 Å². The van der Waals surface area contributed by atoms with E-state index in [0.29, 0.717) is 0 Å². The van der Waals surface area contributed by atoms with Crippen molar-refractivity contribution < 1.29 is 4.74 Å². The summed E-state index contributed by atoms with van der Waals surface area (Å²) < 4.78 is 6.10. The van der Waals surface area contributed by atoms with Crippen LogP contribution in [0.15, 0.2) is 59.8 Å². The molecule has 0 saturated heterocycles. The molecule has 0 aliphatic rings. The summed E-state index contributed by atoms with van der Waals surface area (Å²) in [6.07, 6.45) is 5.40. The molecule has 0 aliphatic carbocycles. The molecule has 0 atom stereocenters. The van der Waals surface area contributed by atoms with Gasteiger partial charge in [-0.25, -0.2) is 0 Å². The molecule has 2 aromatic carbocycles. The molecule has 3 rings (SSSR count). The third-order valence-electron chi connectivity index (χ3n) is 3.47. The fraction of sp³-hybridized carbons (Fsp3) is 0.222. The number of aromatic nitrogens is 3. The molecule has 0 unspecified atom stereocenters. The van der Waals surface area contributed by atoms with Crippen molar-refractivity contribution in [3.63, 3.8) is 0 Å². The summed E-state index contributed by atoms with van der Waals surface area (Å²) >= 11 is 1.72. The van der Waals surface area contributed by atoms with Crippen LogP contribution in [0.3, 0.4) is 0 Å². The SMILES string of the molecule is CSc1ccc(Oc2ccc(-n3nccn3)cc2CN(C)C)cc1. The van der Waals surface area contributed by atoms with Crippen LogP contribution < -0.4 is 4.74 Å². The van der Waals surface area contributed by atoms with Gasteiger partial charge in [-0.3, -0.25) is 0 Å². The molecule has 5 nitrogen and oxygen atoms in total. The van der Waals surface area contributed by atoms with E-state index >= 15 is 0 Å². The van der Waals surface area contributed by atoms with Crippen LogP contribution in [0, 0.1) is 0 Å². The topological polar surface area (TPSA) is 43.2 Å². The molecular weight excluding hydrogens is 320 g/mol. The van der Waals surface area contributed by atoms with Gasteiger partial charge in [-0.15, -0.1) is 11.8 Å². The average molecular weight is 340 g/mol. The summed E-state index contributed by atoms with van der Waals surface area (Å²) in [7, 11) is 4.08. The number of benzene rings is 2. The van der Waals surface area contributed by atoms with Gasteiger partial charge in [0.05, 0.1) is 18.1 Å². The Morgan fingerprint density at radius 2 is 1.75 bits per heavy atom. The lowest BCUT2D eigenvalue weighted by atomic mass is 10.1. The Kier molecular flexibility index (Phi) is 5.17. The summed E-state index contributed by atoms with van der Waals surface area (Å²) in [6.45, 7) is 0.771. The lowest BCUT2D eigenvalue weighted by Crippen LogP contribution is -2.12. The molecule has 0 fully saturated rings. The Balaban J connectivity index is 1.90. The van der Waals surface area contributed by atoms with Crippen molar-refractivity contribution in [3.8, 4) is 17.2 Å². The van der Waals surface area contributed by atoms with Crippen LogP contribution in [0.4, 0.5) is 0 Å². The molecule has 0 radical (unpaired) electrons. The highest BCUT2D eigenvalue weighted by molar-refractivity contribution is 7.98. The van der Waals surface area contributed by atoms with E-state index < -0.39 is 0 Å². The first-order chi connectivity index (χ1) is 11.7. The zero-order valence-corrected chi connectivity index (χ0v) is 14.8. The Morgan fingerprint density at radius 1 is 1.04 bits per heavy atom. The number of hydrogen-bond donors (Lipinski definition) is 0. The Labute approximate surface area is 146 Å². The van der Waals surface area contributed by atoms with Gasteiger partial charge in [0.15, 0.2) is 0 Å². The summed E-state index contributed by atoms with van der Waals surface area (Å²) in [5.74, 6) is 1.68. The molecule has 1 aromatic heterocycles. The van der Waals surface area contributed by atoms with Crippen LogP contribution in [0.25, 0.3) is 5.69 Å². The summed E-state index contributed by atoms with van der Waals surface area (Å²) in [6, 6.07) is 14.1. The molecule has 0 bridgehead atoms. The first-order valence-corrected chi connectivity index (χ1v) is 8.84. The van der Waals surface area contributed by atoms with Crippen molar-refractivity contribution in [2.24, 2.45) is 0 Å². The number of thioether (sulfide) groups is 1. The molecular formula is C18H20N4OS. The van der Waals surface area contributed by atoms with E-state index in [9.17, 15) is 0 Å². The van der Waals surface area contributed by atoms with E-state index in [1.54, 1.807) is 29.0 Å². The molecule has 0 saturated carbocycles. The van der Waals surface area contributed by atoms with Crippen molar-refractivity contribution in [1.29, 1.82) is 0 Å². The number of nitrogens with zero attached hydrogens (tertiary/aromatic N) is 4. The van der Waals surface area contributed by atoms with Gasteiger partial charge in [-0.1, -0.05) is 0 Å². The minimum absolute atomic E-state index is 0.771. The Bertz CT molecular complexity index is 785. The molecule has 0 spiro atoms. The first-order valence-electron chi connectivity index (χ1n) is 7.62. The second-order valence-electron chi connectivity index (χ2n) is 5.63. The fourth-order valence-corrected chi connectivity index (χ4v) is 2.78. The highest BCUT2D eigenvalue weighted by Crippen LogP contribution is 2.29. The molecule has 1 heterocycles. The van der Waals surface area contributed by atoms with Crippen LogP contribution >= 0.6 is 11.8 Å². The van der Waals surface area contributed by atoms with Crippen LogP contribution in [-0.4, -0.2) is 40.2 Å². The number of hydrogen-bond acceptors (Lipinski definition) is 5. The standard InChI is InChI=1S/C18H20N4OS/c1-21(2)13-14-12-15(22-19-10-11-20-22)4-9-18(14)23-16-5-7-17(24-3)8-6-16/h4-12H,13H2,1-3H3. The van der Waals surface area contributed by atoms with Crippen LogP contribution in [0.1, 0.15) is 5.56 Å². The normalized spacial score (nSPS) is 11.0. The van der Waals surface area contributed by atoms with Gasteiger partial charge in [0.2, 0.25) is 0 Å². The minimum Gasteiger partial charge on any atom is -0.457 e. The smallest absolute Gasteiger partial charge is 0.132 e. The maximum absolute atomic E-state index is 6.10. The summed E-state index contributed by atoms with van der Waals surface area (Å²) in [5.41, 5.74) is 2.01. The highest BCUT2D eigenvalue weighted by Gasteiger charge is 2.10. The van der Waals surface area contributed by atoms with Gasteiger partial charge in [0, 0.05) is 17.0 Å². The number of rotatable bonds is 6. The van der Waals surface area contributed by atoms with E-state index in [0.717, 1.165) is 29.3 Å².